The van der Waals surface area contributed by atoms with Gasteiger partial charge in [-0.1, -0.05) is 11.2 Å². The lowest BCUT2D eigenvalue weighted by Gasteiger charge is -2.14. The van der Waals surface area contributed by atoms with Crippen molar-refractivity contribution in [2.45, 2.75) is 53.4 Å². The molecule has 27 heavy (non-hydrogen) atoms. The number of benzene rings is 1. The number of rotatable bonds is 8. The molecule has 142 valence electrons. The molecular formula is C23H28N2O2. The molecule has 0 aliphatic heterocycles. The minimum Gasteiger partial charge on any atom is -0.493 e. The van der Waals surface area contributed by atoms with Crippen molar-refractivity contribution in [1.82, 2.24) is 10.1 Å². The average molecular weight is 364 g/mol. The van der Waals surface area contributed by atoms with Gasteiger partial charge in [-0.05, 0) is 81.8 Å². The number of unbranched alkanes of at least 4 members (excludes halogenated alkanes) is 2. The van der Waals surface area contributed by atoms with Crippen LogP contribution in [-0.2, 0) is 6.42 Å². The molecule has 0 radical (unpaired) electrons. The lowest BCUT2D eigenvalue weighted by atomic mass is 10.0. The van der Waals surface area contributed by atoms with E-state index in [4.69, 9.17) is 9.26 Å². The van der Waals surface area contributed by atoms with Crippen molar-refractivity contribution in [3.05, 3.63) is 64.7 Å². The first-order valence-corrected chi connectivity index (χ1v) is 9.63. The van der Waals surface area contributed by atoms with Crippen LogP contribution in [0.3, 0.4) is 0 Å². The Balaban J connectivity index is 1.52. The number of aromatic nitrogens is 2. The highest BCUT2D eigenvalue weighted by atomic mass is 16.5. The average Bonchev–Trinajstić information content (AvgIpc) is 3.05. The quantitative estimate of drug-likeness (QED) is 0.477. The Morgan fingerprint density at radius 3 is 2.37 bits per heavy atom. The zero-order valence-corrected chi connectivity index (χ0v) is 16.7. The van der Waals surface area contributed by atoms with Crippen molar-refractivity contribution in [2.24, 2.45) is 0 Å². The lowest BCUT2D eigenvalue weighted by molar-refractivity contribution is 0.299. The molecule has 2 heterocycles. The maximum atomic E-state index is 6.09. The predicted octanol–water partition coefficient (Wildman–Crippen LogP) is 5.76. The monoisotopic (exact) mass is 364 g/mol. The highest BCUT2D eigenvalue weighted by Crippen LogP contribution is 2.30. The Morgan fingerprint density at radius 2 is 1.70 bits per heavy atom. The second kappa shape index (κ2) is 8.85. The number of ether oxygens (including phenoxy) is 1. The van der Waals surface area contributed by atoms with E-state index in [1.54, 1.807) is 0 Å². The van der Waals surface area contributed by atoms with Gasteiger partial charge >= 0.3 is 0 Å². The fourth-order valence-electron chi connectivity index (χ4n) is 3.39. The molecule has 0 bridgehead atoms. The first kappa shape index (κ1) is 19.2. The second-order valence-corrected chi connectivity index (χ2v) is 7.20. The van der Waals surface area contributed by atoms with Gasteiger partial charge in [-0.15, -0.1) is 0 Å². The van der Waals surface area contributed by atoms with Gasteiger partial charge in [0, 0.05) is 24.2 Å². The first-order chi connectivity index (χ1) is 13.0. The van der Waals surface area contributed by atoms with E-state index in [1.807, 2.05) is 25.3 Å². The van der Waals surface area contributed by atoms with Gasteiger partial charge in [-0.3, -0.25) is 4.98 Å². The van der Waals surface area contributed by atoms with Gasteiger partial charge in [-0.2, -0.15) is 0 Å². The number of hydrogen-bond acceptors (Lipinski definition) is 4. The van der Waals surface area contributed by atoms with E-state index >= 15 is 0 Å². The lowest BCUT2D eigenvalue weighted by Crippen LogP contribution is -2.02. The molecule has 0 saturated carbocycles. The zero-order valence-electron chi connectivity index (χ0n) is 16.7. The van der Waals surface area contributed by atoms with E-state index in [-0.39, 0.29) is 0 Å². The smallest absolute Gasteiger partial charge is 0.136 e. The summed E-state index contributed by atoms with van der Waals surface area (Å²) in [5.41, 5.74) is 6.64. The third-order valence-corrected chi connectivity index (χ3v) is 4.73. The molecule has 0 aliphatic carbocycles. The number of hydrogen-bond donors (Lipinski definition) is 0. The molecule has 0 aliphatic rings. The van der Waals surface area contributed by atoms with Crippen LogP contribution in [-0.4, -0.2) is 16.7 Å². The van der Waals surface area contributed by atoms with Crippen LogP contribution in [0.4, 0.5) is 0 Å². The molecule has 1 aromatic carbocycles. The van der Waals surface area contributed by atoms with Gasteiger partial charge in [-0.25, -0.2) is 0 Å². The Kier molecular flexibility index (Phi) is 6.28. The predicted molar refractivity (Wildman–Crippen MR) is 108 cm³/mol. The summed E-state index contributed by atoms with van der Waals surface area (Å²) < 4.78 is 11.3. The standard InChI is InChI=1S/C23H28N2O2/c1-16-9-8-11-24-22(16)20-13-17(2)23(18(3)14-20)26-12-7-5-6-10-21-15-19(4)25-27-21/h8-9,11,13-15H,5-7,10,12H2,1-4H3. The molecule has 0 amide bonds. The van der Waals surface area contributed by atoms with E-state index in [0.717, 1.165) is 71.9 Å². The highest BCUT2D eigenvalue weighted by molar-refractivity contribution is 5.66. The molecule has 2 aromatic heterocycles. The third kappa shape index (κ3) is 4.97. The van der Waals surface area contributed by atoms with Crippen molar-refractivity contribution in [3.8, 4) is 17.0 Å². The van der Waals surface area contributed by atoms with Crippen molar-refractivity contribution in [1.29, 1.82) is 0 Å². The van der Waals surface area contributed by atoms with Crippen LogP contribution < -0.4 is 4.74 Å². The normalized spacial score (nSPS) is 11.0. The fourth-order valence-corrected chi connectivity index (χ4v) is 3.39. The van der Waals surface area contributed by atoms with Crippen LogP contribution in [0.5, 0.6) is 5.75 Å². The minimum absolute atomic E-state index is 0.735. The van der Waals surface area contributed by atoms with Gasteiger partial charge in [0.1, 0.15) is 11.5 Å². The van der Waals surface area contributed by atoms with Gasteiger partial charge < -0.3 is 9.26 Å². The van der Waals surface area contributed by atoms with Gasteiger partial charge in [0.15, 0.2) is 0 Å². The SMILES string of the molecule is Cc1cc(CCCCCOc2c(C)cc(-c3ncccc3C)cc2C)on1. The summed E-state index contributed by atoms with van der Waals surface area (Å²) in [7, 11) is 0. The summed E-state index contributed by atoms with van der Waals surface area (Å²) in [6.45, 7) is 9.00. The molecule has 0 fully saturated rings. The van der Waals surface area contributed by atoms with Crippen LogP contribution in [0, 0.1) is 27.7 Å². The highest BCUT2D eigenvalue weighted by Gasteiger charge is 2.10. The van der Waals surface area contributed by atoms with E-state index < -0.39 is 0 Å². The van der Waals surface area contributed by atoms with Crippen LogP contribution >= 0.6 is 0 Å². The van der Waals surface area contributed by atoms with E-state index in [0.29, 0.717) is 0 Å². The Labute approximate surface area is 161 Å². The summed E-state index contributed by atoms with van der Waals surface area (Å²) in [5.74, 6) is 1.97. The summed E-state index contributed by atoms with van der Waals surface area (Å²) in [6.07, 6.45) is 6.03. The van der Waals surface area contributed by atoms with Crippen molar-refractivity contribution in [3.63, 3.8) is 0 Å². The summed E-state index contributed by atoms with van der Waals surface area (Å²) >= 11 is 0. The van der Waals surface area contributed by atoms with E-state index in [9.17, 15) is 0 Å². The minimum atomic E-state index is 0.735. The number of nitrogens with zero attached hydrogens (tertiary/aromatic N) is 2. The van der Waals surface area contributed by atoms with E-state index in [1.165, 1.54) is 5.56 Å². The Bertz CT molecular complexity index is 876. The van der Waals surface area contributed by atoms with Crippen molar-refractivity contribution >= 4 is 0 Å². The molecule has 0 saturated heterocycles. The van der Waals surface area contributed by atoms with Crippen LogP contribution in [0.1, 0.15) is 47.4 Å². The number of pyridine rings is 1. The van der Waals surface area contributed by atoms with Crippen LogP contribution in [0.25, 0.3) is 11.3 Å². The van der Waals surface area contributed by atoms with Crippen LogP contribution in [0.2, 0.25) is 0 Å². The molecule has 4 heteroatoms. The zero-order chi connectivity index (χ0) is 19.2. The molecule has 0 spiro atoms. The van der Waals surface area contributed by atoms with Gasteiger partial charge in [0.25, 0.3) is 0 Å². The van der Waals surface area contributed by atoms with E-state index in [2.05, 4.69) is 49.1 Å². The molecule has 0 N–H and O–H groups in total. The maximum Gasteiger partial charge on any atom is 0.136 e. The largest absolute Gasteiger partial charge is 0.493 e. The summed E-state index contributed by atoms with van der Waals surface area (Å²) in [5, 5.41) is 3.92. The van der Waals surface area contributed by atoms with Crippen LogP contribution in [0.15, 0.2) is 41.1 Å². The van der Waals surface area contributed by atoms with Gasteiger partial charge in [0.05, 0.1) is 18.0 Å². The summed E-state index contributed by atoms with van der Waals surface area (Å²) in [4.78, 5) is 4.53. The molecular weight excluding hydrogens is 336 g/mol. The van der Waals surface area contributed by atoms with Crippen molar-refractivity contribution < 1.29 is 9.26 Å². The topological polar surface area (TPSA) is 48.2 Å². The summed E-state index contributed by atoms with van der Waals surface area (Å²) in [6, 6.07) is 10.4. The molecule has 3 rings (SSSR count). The van der Waals surface area contributed by atoms with Crippen molar-refractivity contribution in [2.75, 3.05) is 6.61 Å². The van der Waals surface area contributed by atoms with Gasteiger partial charge in [0.2, 0.25) is 0 Å². The molecule has 3 aromatic rings. The third-order valence-electron chi connectivity index (χ3n) is 4.73. The fraction of sp³-hybridized carbons (Fsp3) is 0.391. The molecule has 4 nitrogen and oxygen atoms in total. The molecule has 0 unspecified atom stereocenters. The maximum absolute atomic E-state index is 6.09. The second-order valence-electron chi connectivity index (χ2n) is 7.20. The number of aryl methyl sites for hydroxylation is 5. The Morgan fingerprint density at radius 1 is 0.926 bits per heavy atom. The first-order valence-electron chi connectivity index (χ1n) is 9.63. The Hall–Kier alpha value is -2.62. The molecule has 0 atom stereocenters.